The Balaban J connectivity index is 1.15. The molecule has 18 atom stereocenters. The lowest BCUT2D eigenvalue weighted by molar-refractivity contribution is -0.261. The molecule has 12 nitrogen and oxygen atoms in total. The summed E-state index contributed by atoms with van der Waals surface area (Å²) in [4.78, 5) is 53.2. The number of aryl methyl sites for hydroxylation is 1. The smallest absolute Gasteiger partial charge is 0.331 e. The molecular weight excluding hydrogens is 1030 g/mol. The van der Waals surface area contributed by atoms with E-state index in [4.69, 9.17) is 16.5 Å². The number of hydrogen-bond donors (Lipinski definition) is 8. The number of benzene rings is 1. The normalized spacial score (nSPS) is 50.0. The fraction of sp³-hybridized carbons (Fsp3) is 0.571. The van der Waals surface area contributed by atoms with Gasteiger partial charge in [0.25, 0.3) is 0 Å². The summed E-state index contributed by atoms with van der Waals surface area (Å²) in [5.74, 6) is 14.9. The Morgan fingerprint density at radius 3 is 2.39 bits per heavy atom. The topological polar surface area (TPSA) is 237 Å². The molecule has 0 aliphatic heterocycles. The van der Waals surface area contributed by atoms with E-state index in [-0.39, 0.29) is 106 Å². The zero-order valence-corrected chi connectivity index (χ0v) is 47.0. The second-order valence-electron chi connectivity index (χ2n) is 29.2. The Kier molecular flexibility index (Phi) is 9.16. The van der Waals surface area contributed by atoms with Crippen LogP contribution in [0.5, 0.6) is 0 Å². The third-order valence-electron chi connectivity index (χ3n) is 27.1. The highest BCUT2D eigenvalue weighted by molar-refractivity contribution is 6.05. The number of allylic oxidation sites excluding steroid dienone is 4. The number of fused-ring (bicyclic) bond motifs is 3. The molecule has 4 spiro atoms. The van der Waals surface area contributed by atoms with Crippen molar-refractivity contribution in [2.45, 2.75) is 170 Å². The van der Waals surface area contributed by atoms with Crippen LogP contribution >= 0.6 is 0 Å². The van der Waals surface area contributed by atoms with Crippen LogP contribution in [0.4, 0.5) is 0 Å². The largest absolute Gasteiger partial charge is 0.478 e. The second-order valence-corrected chi connectivity index (χ2v) is 29.2. The van der Waals surface area contributed by atoms with Crippen LogP contribution in [-0.4, -0.2) is 88.2 Å². The van der Waals surface area contributed by atoms with Gasteiger partial charge < -0.3 is 42.1 Å². The standard InChI is InChI=1S/C70H71N3O9/c1-37(56(77)78)45-22-28-62(73-58(71)72)29-30-64-48-33-49(74)61(24-8-9-25-61)36-47-52(75)51-54-66(79)35-44-32-40-19-21-46(69(45,81)70(48,62)82)50(40)53(64)68(44,80)67(54)42-16-6-7-23-59(2)55(76)41(15-12-17-42)34-60(51,3)57(59)63(66,26-10-11-27-65(47,64)67)43-20-18-38-13-4-5-14-39(38)31-43/h4-5,13-14,21,29-31,35,41-42,47-49,53,57,74,79-82H,8-9,16-20,22-28,32-34,36H2,1-3H3,(H,77,78)(H4,71,72,73)/b45-37+/t41-,42+,47-,48+,49-,53-,57-,59-,60-,62-,63-,64+,65-,66+,67+,68+,69+,70+/m1/s1. The molecule has 0 heterocycles. The van der Waals surface area contributed by atoms with E-state index in [1.807, 2.05) is 31.2 Å². The Hall–Kier alpha value is -6.04. The highest BCUT2D eigenvalue weighted by Gasteiger charge is 2.97. The molecule has 12 heteroatoms. The molecule has 0 amide bonds. The molecule has 6 saturated carbocycles. The van der Waals surface area contributed by atoms with Gasteiger partial charge in [0, 0.05) is 93.5 Å². The van der Waals surface area contributed by atoms with Crippen LogP contribution in [0.3, 0.4) is 0 Å². The van der Waals surface area contributed by atoms with E-state index in [9.17, 15) is 20.1 Å². The molecule has 18 aliphatic rings. The number of hydrogen-bond acceptors (Lipinski definition) is 9. The number of nitrogens with zero attached hydrogens (tertiary/aromatic N) is 1. The van der Waals surface area contributed by atoms with Gasteiger partial charge in [-0.3, -0.25) is 9.59 Å². The minimum Gasteiger partial charge on any atom is -0.478 e. The number of aliphatic imine (C=N–C) groups is 1. The number of carbonyl (C=O) groups is 3. The maximum atomic E-state index is 18.3. The molecule has 0 unspecified atom stereocenters. The summed E-state index contributed by atoms with van der Waals surface area (Å²) in [6, 6.07) is 8.36. The predicted octanol–water partition coefficient (Wildman–Crippen LogP) is 6.95. The van der Waals surface area contributed by atoms with Crippen LogP contribution in [0, 0.1) is 109 Å². The fourth-order valence-electron chi connectivity index (χ4n) is 25.1. The van der Waals surface area contributed by atoms with Crippen molar-refractivity contribution in [1.29, 1.82) is 0 Å². The van der Waals surface area contributed by atoms with Gasteiger partial charge in [0.2, 0.25) is 0 Å². The number of guanidine groups is 1. The monoisotopic (exact) mass is 1100 g/mol. The second kappa shape index (κ2) is 14.9. The van der Waals surface area contributed by atoms with Crippen LogP contribution in [0.1, 0.15) is 141 Å². The highest BCUT2D eigenvalue weighted by atomic mass is 16.4. The van der Waals surface area contributed by atoms with Gasteiger partial charge >= 0.3 is 5.97 Å². The van der Waals surface area contributed by atoms with Gasteiger partial charge in [0.1, 0.15) is 27.9 Å². The SMILES string of the molecule is C/C(C(=O)O)=C1/CC[C@@]2(N=C(N)N)C=C[C@@]34[C@H]5C6=C7CC=C6[C@]1(O)[C@]2(O)[C@H]3C[C@@H](O)C1(CCCC1)C[C@@H]1C(=O)C2=C3[C@@]68[C@H]9CC#CC[C@]%10(C)C(=O)[C@H](C#CC9)C[C@@]2(C)[C@@H]%10[C@](C2=Cc9ccccc9CC2)(CC#CC[C@@]146)[C@]3(O)C=C(C7)[C@]58O. The fourth-order valence-corrected chi connectivity index (χ4v) is 25.1. The Morgan fingerprint density at radius 2 is 1.61 bits per heavy atom. The molecule has 18 aliphatic carbocycles. The maximum absolute atomic E-state index is 18.3. The molecule has 0 radical (unpaired) electrons. The van der Waals surface area contributed by atoms with Gasteiger partial charge in [-0.1, -0.05) is 92.3 Å². The van der Waals surface area contributed by atoms with Crippen LogP contribution in [0.15, 0.2) is 104 Å². The lowest BCUT2D eigenvalue weighted by atomic mass is 9.25. The molecule has 6 fully saturated rings. The van der Waals surface area contributed by atoms with Crippen molar-refractivity contribution >= 4 is 29.6 Å². The molecule has 0 aromatic heterocycles. The van der Waals surface area contributed by atoms with E-state index in [1.165, 1.54) is 12.5 Å². The first-order valence-corrected chi connectivity index (χ1v) is 30.6. The van der Waals surface area contributed by atoms with Crippen molar-refractivity contribution in [2.75, 3.05) is 0 Å². The van der Waals surface area contributed by atoms with E-state index in [0.29, 0.717) is 53.5 Å². The minimum absolute atomic E-state index is 0.00715. The van der Waals surface area contributed by atoms with Crippen molar-refractivity contribution in [3.05, 3.63) is 110 Å². The van der Waals surface area contributed by atoms with E-state index in [2.05, 4.69) is 72.8 Å². The molecule has 82 heavy (non-hydrogen) atoms. The van der Waals surface area contributed by atoms with Crippen LogP contribution < -0.4 is 11.5 Å². The number of aliphatic carboxylic acids is 1. The van der Waals surface area contributed by atoms with Crippen LogP contribution in [-0.2, 0) is 20.8 Å². The third-order valence-corrected chi connectivity index (χ3v) is 27.1. The number of aliphatic hydroxyl groups is 5. The molecule has 0 saturated heterocycles. The van der Waals surface area contributed by atoms with E-state index < -0.39 is 113 Å². The predicted molar refractivity (Wildman–Crippen MR) is 303 cm³/mol. The first-order valence-electron chi connectivity index (χ1n) is 30.6. The summed E-state index contributed by atoms with van der Waals surface area (Å²) in [6.45, 7) is 5.70. The van der Waals surface area contributed by atoms with E-state index in [1.54, 1.807) is 0 Å². The molecule has 420 valence electrons. The maximum Gasteiger partial charge on any atom is 0.331 e. The van der Waals surface area contributed by atoms with Gasteiger partial charge in [-0.25, -0.2) is 9.79 Å². The first-order chi connectivity index (χ1) is 39.1. The number of Topliss-reactive ketones (excluding diaryl/α,β-unsaturated/α-hetero) is 2. The summed E-state index contributed by atoms with van der Waals surface area (Å²) >= 11 is 0. The molecule has 13 bridgehead atoms. The molecular formula is C70H71N3O9. The van der Waals surface area contributed by atoms with E-state index >= 15 is 24.9 Å². The number of carbonyl (C=O) groups excluding carboxylic acids is 2. The van der Waals surface area contributed by atoms with Crippen molar-refractivity contribution in [2.24, 2.45) is 89.9 Å². The van der Waals surface area contributed by atoms with Crippen molar-refractivity contribution in [1.82, 2.24) is 0 Å². The zero-order valence-electron chi connectivity index (χ0n) is 47.0. The third kappa shape index (κ3) is 4.68. The van der Waals surface area contributed by atoms with Crippen LogP contribution in [0.2, 0.25) is 0 Å². The van der Waals surface area contributed by atoms with Gasteiger partial charge in [0.15, 0.2) is 17.5 Å². The number of carboxylic acid groups (broad SMARTS) is 1. The Labute approximate surface area is 478 Å². The molecule has 10 N–H and O–H groups in total. The summed E-state index contributed by atoms with van der Waals surface area (Å²) < 4.78 is 0. The van der Waals surface area contributed by atoms with Crippen LogP contribution in [0.25, 0.3) is 6.08 Å². The molecule has 1 aromatic carbocycles. The minimum atomic E-state index is -2.57. The van der Waals surface area contributed by atoms with Gasteiger partial charge in [0.05, 0.1) is 12.0 Å². The average molecular weight is 1100 g/mol. The number of aliphatic hydroxyl groups excluding tert-OH is 1. The number of nitrogens with two attached hydrogens (primary N) is 2. The molecule has 1 aromatic rings. The highest BCUT2D eigenvalue weighted by Crippen LogP contribution is 2.95. The van der Waals surface area contributed by atoms with Gasteiger partial charge in [-0.15, -0.1) is 29.6 Å². The summed E-state index contributed by atoms with van der Waals surface area (Å²) in [7, 11) is 0. The zero-order chi connectivity index (χ0) is 56.7. The van der Waals surface area contributed by atoms with Crippen molar-refractivity contribution in [3.8, 4) is 35.5 Å². The number of carboxylic acids is 1. The lowest BCUT2D eigenvalue weighted by Crippen LogP contribution is -2.81. The number of rotatable bonds is 3. The Bertz CT molecular complexity index is 3860. The summed E-state index contributed by atoms with van der Waals surface area (Å²) in [5, 5.41) is 88.2. The Morgan fingerprint density at radius 1 is 0.854 bits per heavy atom. The quantitative estimate of drug-likeness (QED) is 0.0507. The van der Waals surface area contributed by atoms with Gasteiger partial charge in [-0.2, -0.15) is 0 Å². The van der Waals surface area contributed by atoms with Crippen molar-refractivity contribution in [3.63, 3.8) is 0 Å². The van der Waals surface area contributed by atoms with Crippen molar-refractivity contribution < 1.29 is 45.0 Å². The summed E-state index contributed by atoms with van der Waals surface area (Å²) in [6.07, 6.45) is 14.1. The first kappa shape index (κ1) is 50.5. The van der Waals surface area contributed by atoms with Gasteiger partial charge in [-0.05, 0) is 140 Å². The molecule has 19 rings (SSSR count). The average Bonchev–Trinajstić information content (AvgIpc) is 1.35. The van der Waals surface area contributed by atoms with E-state index in [0.717, 1.165) is 29.6 Å². The summed E-state index contributed by atoms with van der Waals surface area (Å²) in [5.41, 5.74) is -1.14. The lowest BCUT2D eigenvalue weighted by Gasteiger charge is -2.77. The number of ketones is 2.